The van der Waals surface area contributed by atoms with Crippen LogP contribution in [0.3, 0.4) is 0 Å². The van der Waals surface area contributed by atoms with Gasteiger partial charge in [-0.25, -0.2) is 0 Å². The van der Waals surface area contributed by atoms with Gasteiger partial charge in [0.05, 0.1) is 0 Å². The number of nitrogens with zero attached hydrogens (tertiary/aromatic N) is 1. The van der Waals surface area contributed by atoms with Gasteiger partial charge in [0.2, 0.25) is 0 Å². The van der Waals surface area contributed by atoms with E-state index in [9.17, 15) is 0 Å². The van der Waals surface area contributed by atoms with E-state index in [1.165, 1.54) is 77.9 Å². The summed E-state index contributed by atoms with van der Waals surface area (Å²) in [5.74, 6) is 0. The molecule has 3 aliphatic rings. The van der Waals surface area contributed by atoms with E-state index < -0.39 is 0 Å². The van der Waals surface area contributed by atoms with E-state index in [0.29, 0.717) is 0 Å². The quantitative estimate of drug-likeness (QED) is 0.157. The molecule has 0 saturated carbocycles. The molecule has 0 fully saturated rings. The third-order valence-electron chi connectivity index (χ3n) is 13.3. The van der Waals surface area contributed by atoms with Crippen LogP contribution in [-0.2, 0) is 16.2 Å². The number of allylic oxidation sites excluding steroid dienone is 3. The molecular formula is C57H49N. The molecule has 0 radical (unpaired) electrons. The molecule has 0 aromatic heterocycles. The van der Waals surface area contributed by atoms with Crippen LogP contribution in [0.1, 0.15) is 91.6 Å². The van der Waals surface area contributed by atoms with Crippen molar-refractivity contribution in [3.63, 3.8) is 0 Å². The van der Waals surface area contributed by atoms with Crippen molar-refractivity contribution in [1.29, 1.82) is 0 Å². The maximum absolute atomic E-state index is 2.39. The van der Waals surface area contributed by atoms with E-state index in [1.807, 2.05) is 0 Å². The minimum Gasteiger partial charge on any atom is -0.311 e. The number of anilines is 3. The van der Waals surface area contributed by atoms with E-state index in [0.717, 1.165) is 17.1 Å². The van der Waals surface area contributed by atoms with Gasteiger partial charge in [-0.15, -0.1) is 0 Å². The number of hydrogen-bond acceptors (Lipinski definition) is 1. The highest BCUT2D eigenvalue weighted by Crippen LogP contribution is 2.50. The van der Waals surface area contributed by atoms with Crippen molar-refractivity contribution in [2.75, 3.05) is 4.90 Å². The second-order valence-electron chi connectivity index (χ2n) is 17.9. The van der Waals surface area contributed by atoms with Crippen LogP contribution in [0, 0.1) is 0 Å². The summed E-state index contributed by atoms with van der Waals surface area (Å²) in [6.07, 6.45) is 7.10. The maximum atomic E-state index is 2.39. The second-order valence-corrected chi connectivity index (χ2v) is 17.9. The van der Waals surface area contributed by atoms with Crippen LogP contribution in [0.25, 0.3) is 46.1 Å². The Hall–Kier alpha value is -6.44. The van der Waals surface area contributed by atoms with E-state index in [1.54, 1.807) is 0 Å². The Balaban J connectivity index is 0.979. The van der Waals surface area contributed by atoms with Gasteiger partial charge in [-0.1, -0.05) is 175 Å². The van der Waals surface area contributed by atoms with Gasteiger partial charge in [0, 0.05) is 33.3 Å². The molecule has 0 N–H and O–H groups in total. The maximum Gasteiger partial charge on any atom is 0.0462 e. The molecule has 0 bridgehead atoms. The molecule has 0 aliphatic heterocycles. The molecule has 0 amide bonds. The average Bonchev–Trinajstić information content (AvgIpc) is 3.80. The molecule has 7 aromatic rings. The highest BCUT2D eigenvalue weighted by molar-refractivity contribution is 5.96. The zero-order valence-corrected chi connectivity index (χ0v) is 34.3. The summed E-state index contributed by atoms with van der Waals surface area (Å²) in [7, 11) is 0. The van der Waals surface area contributed by atoms with Gasteiger partial charge in [-0.05, 0) is 133 Å². The van der Waals surface area contributed by atoms with E-state index in [4.69, 9.17) is 0 Å². The minimum absolute atomic E-state index is 0.0237. The molecule has 10 rings (SSSR count). The number of fused-ring (bicyclic) bond motifs is 3. The van der Waals surface area contributed by atoms with Gasteiger partial charge >= 0.3 is 0 Å². The summed E-state index contributed by atoms with van der Waals surface area (Å²) >= 11 is 0. The van der Waals surface area contributed by atoms with Gasteiger partial charge in [-0.2, -0.15) is 0 Å². The standard InChI is InChI=1S/C57H49N/c1-55(2)49-16-10-7-13-43(49)35-52(55)40-21-19-38(20-22-40)39-23-29-46(30-24-39)58(47-31-25-41(26-32-47)53-36-44-14-8-11-17-50(44)56(53,3)4)48-33-27-42(28-34-48)54-37-45-15-9-12-18-51(45)57(54,5)6/h7-37H,1-6H3. The molecule has 3 aliphatic carbocycles. The van der Waals surface area contributed by atoms with E-state index in [2.05, 4.69) is 235 Å². The van der Waals surface area contributed by atoms with Crippen LogP contribution in [0.4, 0.5) is 17.1 Å². The highest BCUT2D eigenvalue weighted by atomic mass is 15.1. The predicted octanol–water partition coefficient (Wildman–Crippen LogP) is 15.3. The summed E-state index contributed by atoms with van der Waals surface area (Å²) < 4.78 is 0. The summed E-state index contributed by atoms with van der Waals surface area (Å²) in [5, 5.41) is 0. The molecule has 282 valence electrons. The van der Waals surface area contributed by atoms with Crippen LogP contribution in [-0.4, -0.2) is 0 Å². The fourth-order valence-corrected chi connectivity index (χ4v) is 10.0. The lowest BCUT2D eigenvalue weighted by atomic mass is 9.78. The number of hydrogen-bond donors (Lipinski definition) is 0. The SMILES string of the molecule is CC1(C)C(c2ccc(-c3ccc(N(c4ccc(C5=Cc6ccccc6C5(C)C)cc4)c4ccc(C5=Cc6ccccc6C5(C)C)cc4)cc3)cc2)=Cc2ccccc21. The first kappa shape index (κ1) is 35.9. The van der Waals surface area contributed by atoms with Crippen LogP contribution in [0.15, 0.2) is 170 Å². The topological polar surface area (TPSA) is 3.24 Å². The molecule has 1 heteroatoms. The zero-order valence-electron chi connectivity index (χ0n) is 34.3. The first-order valence-electron chi connectivity index (χ1n) is 20.7. The van der Waals surface area contributed by atoms with Crippen molar-refractivity contribution in [2.45, 2.75) is 57.8 Å². The van der Waals surface area contributed by atoms with Gasteiger partial charge < -0.3 is 4.90 Å². The lowest BCUT2D eigenvalue weighted by Crippen LogP contribution is -2.16. The minimum atomic E-state index is -0.0563. The van der Waals surface area contributed by atoms with Gasteiger partial charge in [0.1, 0.15) is 0 Å². The third kappa shape index (κ3) is 5.75. The first-order valence-corrected chi connectivity index (χ1v) is 20.7. The van der Waals surface area contributed by atoms with E-state index in [-0.39, 0.29) is 16.2 Å². The molecule has 0 unspecified atom stereocenters. The Labute approximate surface area is 344 Å². The summed E-state index contributed by atoms with van der Waals surface area (Å²) in [6.45, 7) is 14.0. The lowest BCUT2D eigenvalue weighted by Gasteiger charge is -2.28. The van der Waals surface area contributed by atoms with Crippen molar-refractivity contribution in [3.8, 4) is 11.1 Å². The first-order chi connectivity index (χ1) is 28.0. The fourth-order valence-electron chi connectivity index (χ4n) is 10.0. The zero-order chi connectivity index (χ0) is 39.8. The Kier molecular flexibility index (Phi) is 8.25. The van der Waals surface area contributed by atoms with Crippen LogP contribution in [0.2, 0.25) is 0 Å². The molecule has 7 aromatic carbocycles. The molecule has 1 nitrogen and oxygen atoms in total. The monoisotopic (exact) mass is 747 g/mol. The van der Waals surface area contributed by atoms with Gasteiger partial charge in [-0.3, -0.25) is 0 Å². The Morgan fingerprint density at radius 3 is 0.810 bits per heavy atom. The summed E-state index contributed by atoms with van der Waals surface area (Å²) in [4.78, 5) is 2.39. The van der Waals surface area contributed by atoms with E-state index >= 15 is 0 Å². The van der Waals surface area contributed by atoms with Crippen molar-refractivity contribution in [1.82, 2.24) is 0 Å². The van der Waals surface area contributed by atoms with Gasteiger partial charge in [0.15, 0.2) is 0 Å². The van der Waals surface area contributed by atoms with Crippen LogP contribution in [0.5, 0.6) is 0 Å². The van der Waals surface area contributed by atoms with Gasteiger partial charge in [0.25, 0.3) is 0 Å². The van der Waals surface area contributed by atoms with Crippen molar-refractivity contribution < 1.29 is 0 Å². The van der Waals surface area contributed by atoms with Crippen LogP contribution >= 0.6 is 0 Å². The normalized spacial score (nSPS) is 16.5. The third-order valence-corrected chi connectivity index (χ3v) is 13.3. The molecule has 0 spiro atoms. The van der Waals surface area contributed by atoms with Crippen molar-refractivity contribution in [2.24, 2.45) is 0 Å². The average molecular weight is 748 g/mol. The Bertz CT molecular complexity index is 2690. The molecular weight excluding hydrogens is 699 g/mol. The lowest BCUT2D eigenvalue weighted by molar-refractivity contribution is 0.704. The van der Waals surface area contributed by atoms with Crippen molar-refractivity contribution in [3.05, 3.63) is 220 Å². The highest BCUT2D eigenvalue weighted by Gasteiger charge is 2.35. The Morgan fingerprint density at radius 1 is 0.276 bits per heavy atom. The molecule has 0 atom stereocenters. The smallest absolute Gasteiger partial charge is 0.0462 e. The second kappa shape index (κ2) is 13.3. The largest absolute Gasteiger partial charge is 0.311 e. The fraction of sp³-hybridized carbons (Fsp3) is 0.158. The molecule has 0 saturated heterocycles. The number of rotatable bonds is 7. The number of benzene rings is 7. The van der Waals surface area contributed by atoms with Crippen LogP contribution < -0.4 is 4.90 Å². The molecule has 58 heavy (non-hydrogen) atoms. The predicted molar refractivity (Wildman–Crippen MR) is 249 cm³/mol. The van der Waals surface area contributed by atoms with Crippen molar-refractivity contribution >= 4 is 52.0 Å². The Morgan fingerprint density at radius 2 is 0.517 bits per heavy atom. The summed E-state index contributed by atoms with van der Waals surface area (Å²) in [5.41, 5.74) is 21.7. The summed E-state index contributed by atoms with van der Waals surface area (Å²) in [6, 6.07) is 62.9. The molecule has 0 heterocycles.